The lowest BCUT2D eigenvalue weighted by atomic mass is 10.3. The van der Waals surface area contributed by atoms with E-state index in [0.29, 0.717) is 11.6 Å². The highest BCUT2D eigenvalue weighted by molar-refractivity contribution is 5.46. The Balaban J connectivity index is 1.46. The third-order valence-electron chi connectivity index (χ3n) is 3.59. The van der Waals surface area contributed by atoms with Gasteiger partial charge in [0.1, 0.15) is 18.4 Å². The number of aromatic nitrogens is 5. The molecule has 112 valence electrons. The van der Waals surface area contributed by atoms with E-state index in [1.807, 2.05) is 24.3 Å². The van der Waals surface area contributed by atoms with E-state index >= 15 is 0 Å². The van der Waals surface area contributed by atoms with Crippen molar-refractivity contribution in [2.75, 3.05) is 0 Å². The number of ether oxygens (including phenoxy) is 1. The van der Waals surface area contributed by atoms with E-state index in [1.165, 1.54) is 12.8 Å². The van der Waals surface area contributed by atoms with Gasteiger partial charge in [-0.1, -0.05) is 17.3 Å². The molecule has 1 aliphatic carbocycles. The van der Waals surface area contributed by atoms with Crippen LogP contribution in [0.15, 0.2) is 41.4 Å². The van der Waals surface area contributed by atoms with Crippen LogP contribution in [0.4, 0.5) is 0 Å². The van der Waals surface area contributed by atoms with E-state index in [4.69, 9.17) is 9.26 Å². The lowest BCUT2D eigenvalue weighted by Crippen LogP contribution is -2.01. The molecule has 7 nitrogen and oxygen atoms in total. The summed E-state index contributed by atoms with van der Waals surface area (Å²) in [6, 6.07) is 7.67. The number of nitrogens with zero attached hydrogens (tertiary/aromatic N) is 5. The maximum atomic E-state index is 5.81. The highest BCUT2D eigenvalue weighted by Crippen LogP contribution is 2.31. The van der Waals surface area contributed by atoms with Crippen molar-refractivity contribution in [2.45, 2.75) is 25.9 Å². The summed E-state index contributed by atoms with van der Waals surface area (Å²) in [4.78, 5) is 4.36. The van der Waals surface area contributed by atoms with Crippen molar-refractivity contribution in [3.05, 3.63) is 48.6 Å². The summed E-state index contributed by atoms with van der Waals surface area (Å²) < 4.78 is 12.8. The first kappa shape index (κ1) is 13.0. The second-order valence-corrected chi connectivity index (χ2v) is 5.38. The van der Waals surface area contributed by atoms with Gasteiger partial charge in [0.2, 0.25) is 0 Å². The van der Waals surface area contributed by atoms with Crippen LogP contribution in [0, 0.1) is 5.92 Å². The molecular formula is C15H15N5O2. The third kappa shape index (κ3) is 2.83. The number of benzene rings is 1. The molecule has 0 amide bonds. The number of hydrogen-bond donors (Lipinski definition) is 0. The fraction of sp³-hybridized carbons (Fsp3) is 0.333. The smallest absolute Gasteiger partial charge is 0.264 e. The average Bonchev–Trinajstić information content (AvgIpc) is 3.03. The molecule has 1 aromatic carbocycles. The minimum absolute atomic E-state index is 0.247. The zero-order valence-corrected chi connectivity index (χ0v) is 11.9. The first-order valence-electron chi connectivity index (χ1n) is 7.27. The van der Waals surface area contributed by atoms with Gasteiger partial charge in [0.15, 0.2) is 12.4 Å². The van der Waals surface area contributed by atoms with Crippen LogP contribution in [-0.4, -0.2) is 24.9 Å². The summed E-state index contributed by atoms with van der Waals surface area (Å²) in [5.74, 6) is 2.72. The molecule has 1 fully saturated rings. The Hall–Kier alpha value is -2.70. The molecule has 0 N–H and O–H groups in total. The van der Waals surface area contributed by atoms with E-state index in [1.54, 1.807) is 17.2 Å². The van der Waals surface area contributed by atoms with E-state index in [0.717, 1.165) is 23.9 Å². The van der Waals surface area contributed by atoms with Gasteiger partial charge in [0, 0.05) is 6.42 Å². The standard InChI is InChI=1S/C15H15N5O2/c1-2-4-13(12(3-1)20-9-16-17-10-20)21-8-15-18-14(19-22-15)7-11-5-6-11/h1-4,9-11H,5-8H2. The molecule has 4 rings (SSSR count). The van der Waals surface area contributed by atoms with E-state index in [9.17, 15) is 0 Å². The van der Waals surface area contributed by atoms with Crippen LogP contribution in [0.5, 0.6) is 5.75 Å². The number of rotatable bonds is 6. The van der Waals surface area contributed by atoms with Crippen molar-refractivity contribution in [3.8, 4) is 11.4 Å². The lowest BCUT2D eigenvalue weighted by molar-refractivity contribution is 0.242. The molecule has 3 aromatic rings. The topological polar surface area (TPSA) is 78.9 Å². The maximum Gasteiger partial charge on any atom is 0.264 e. The Kier molecular flexibility index (Phi) is 3.30. The van der Waals surface area contributed by atoms with Crippen molar-refractivity contribution in [3.63, 3.8) is 0 Å². The predicted octanol–water partition coefficient (Wildman–Crippen LogP) is 2.18. The zero-order chi connectivity index (χ0) is 14.8. The molecule has 0 unspecified atom stereocenters. The highest BCUT2D eigenvalue weighted by Gasteiger charge is 2.24. The SMILES string of the molecule is c1ccc(-n2cnnc2)c(OCc2nc(CC3CC3)no2)c1. The molecule has 1 aliphatic rings. The van der Waals surface area contributed by atoms with Crippen molar-refractivity contribution < 1.29 is 9.26 Å². The quantitative estimate of drug-likeness (QED) is 0.694. The Morgan fingerprint density at radius 3 is 2.82 bits per heavy atom. The number of hydrogen-bond acceptors (Lipinski definition) is 6. The largest absolute Gasteiger partial charge is 0.482 e. The van der Waals surface area contributed by atoms with E-state index in [-0.39, 0.29) is 6.61 Å². The summed E-state index contributed by atoms with van der Waals surface area (Å²) in [5.41, 5.74) is 0.866. The van der Waals surface area contributed by atoms with Crippen LogP contribution in [0.2, 0.25) is 0 Å². The van der Waals surface area contributed by atoms with Gasteiger partial charge in [-0.25, -0.2) is 0 Å². The number of para-hydroxylation sites is 2. The molecule has 0 spiro atoms. The van der Waals surface area contributed by atoms with Crippen LogP contribution in [0.3, 0.4) is 0 Å². The zero-order valence-electron chi connectivity index (χ0n) is 11.9. The van der Waals surface area contributed by atoms with Crippen LogP contribution >= 0.6 is 0 Å². The van der Waals surface area contributed by atoms with E-state index < -0.39 is 0 Å². The minimum atomic E-state index is 0.247. The van der Waals surface area contributed by atoms with Crippen molar-refractivity contribution in [1.82, 2.24) is 24.9 Å². The van der Waals surface area contributed by atoms with Crippen LogP contribution < -0.4 is 4.74 Å². The Morgan fingerprint density at radius 2 is 2.00 bits per heavy atom. The predicted molar refractivity (Wildman–Crippen MR) is 76.4 cm³/mol. The van der Waals surface area contributed by atoms with Crippen molar-refractivity contribution in [1.29, 1.82) is 0 Å². The Morgan fingerprint density at radius 1 is 1.18 bits per heavy atom. The van der Waals surface area contributed by atoms with Gasteiger partial charge in [-0.15, -0.1) is 10.2 Å². The first-order valence-corrected chi connectivity index (χ1v) is 7.27. The monoisotopic (exact) mass is 297 g/mol. The first-order chi connectivity index (χ1) is 10.9. The second-order valence-electron chi connectivity index (χ2n) is 5.38. The van der Waals surface area contributed by atoms with Crippen molar-refractivity contribution in [2.24, 2.45) is 5.92 Å². The van der Waals surface area contributed by atoms with Crippen LogP contribution in [0.1, 0.15) is 24.6 Å². The van der Waals surface area contributed by atoms with Crippen LogP contribution in [0.25, 0.3) is 5.69 Å². The van der Waals surface area contributed by atoms with Gasteiger partial charge in [-0.05, 0) is 30.9 Å². The third-order valence-corrected chi connectivity index (χ3v) is 3.59. The van der Waals surface area contributed by atoms with Crippen molar-refractivity contribution >= 4 is 0 Å². The molecule has 2 aromatic heterocycles. The molecule has 1 saturated carbocycles. The lowest BCUT2D eigenvalue weighted by Gasteiger charge is -2.09. The highest BCUT2D eigenvalue weighted by atomic mass is 16.5. The van der Waals surface area contributed by atoms with Gasteiger partial charge < -0.3 is 9.26 Å². The summed E-state index contributed by atoms with van der Waals surface area (Å²) in [6.07, 6.45) is 6.70. The van der Waals surface area contributed by atoms with Gasteiger partial charge in [-0.2, -0.15) is 4.98 Å². The maximum absolute atomic E-state index is 5.81. The van der Waals surface area contributed by atoms with Gasteiger partial charge >= 0.3 is 0 Å². The average molecular weight is 297 g/mol. The second kappa shape index (κ2) is 5.59. The molecule has 0 radical (unpaired) electrons. The van der Waals surface area contributed by atoms with Gasteiger partial charge in [-0.3, -0.25) is 4.57 Å². The fourth-order valence-corrected chi connectivity index (χ4v) is 2.27. The van der Waals surface area contributed by atoms with Crippen LogP contribution in [-0.2, 0) is 13.0 Å². The summed E-state index contributed by atoms with van der Waals surface area (Å²) in [7, 11) is 0. The summed E-state index contributed by atoms with van der Waals surface area (Å²) in [5, 5.41) is 11.6. The summed E-state index contributed by atoms with van der Waals surface area (Å²) in [6.45, 7) is 0.247. The minimum Gasteiger partial charge on any atom is -0.482 e. The normalized spacial score (nSPS) is 14.2. The molecule has 0 aliphatic heterocycles. The Labute approximate surface area is 126 Å². The van der Waals surface area contributed by atoms with Gasteiger partial charge in [0.25, 0.3) is 5.89 Å². The molecule has 0 bridgehead atoms. The van der Waals surface area contributed by atoms with E-state index in [2.05, 4.69) is 20.3 Å². The Bertz CT molecular complexity index is 749. The summed E-state index contributed by atoms with van der Waals surface area (Å²) >= 11 is 0. The molecule has 0 saturated heterocycles. The fourth-order valence-electron chi connectivity index (χ4n) is 2.27. The molecular weight excluding hydrogens is 282 g/mol. The molecule has 2 heterocycles. The molecule has 7 heteroatoms. The molecule has 0 atom stereocenters. The molecule has 22 heavy (non-hydrogen) atoms. The van der Waals surface area contributed by atoms with Gasteiger partial charge in [0.05, 0.1) is 5.69 Å².